The molecule has 1 aromatic carbocycles. The van der Waals surface area contributed by atoms with Crippen LogP contribution in [0.15, 0.2) is 24.3 Å². The third kappa shape index (κ3) is 2.84. The predicted molar refractivity (Wildman–Crippen MR) is 82.6 cm³/mol. The molecule has 0 spiro atoms. The zero-order chi connectivity index (χ0) is 14.8. The first-order valence-corrected chi connectivity index (χ1v) is 7.74. The van der Waals surface area contributed by atoms with Crippen LogP contribution in [0, 0.1) is 0 Å². The van der Waals surface area contributed by atoms with E-state index in [0.29, 0.717) is 5.02 Å². The molecule has 1 N–H and O–H groups in total. The average molecular weight is 295 g/mol. The molecule has 1 fully saturated rings. The maximum absolute atomic E-state index is 12.7. The van der Waals surface area contributed by atoms with E-state index in [9.17, 15) is 4.79 Å². The fraction of sp³-hybridized carbons (Fsp3) is 0.562. The first kappa shape index (κ1) is 15.3. The van der Waals surface area contributed by atoms with Gasteiger partial charge in [0.2, 0.25) is 5.91 Å². The summed E-state index contributed by atoms with van der Waals surface area (Å²) in [5, 5.41) is 4.19. The molecule has 0 radical (unpaired) electrons. The Morgan fingerprint density at radius 2 is 2.15 bits per heavy atom. The highest BCUT2D eigenvalue weighted by Gasteiger charge is 2.46. The fourth-order valence-corrected chi connectivity index (χ4v) is 2.83. The summed E-state index contributed by atoms with van der Waals surface area (Å²) >= 11 is 6.09. The van der Waals surface area contributed by atoms with Gasteiger partial charge in [-0.05, 0) is 37.5 Å². The van der Waals surface area contributed by atoms with Crippen LogP contribution in [0.25, 0.3) is 0 Å². The smallest absolute Gasteiger partial charge is 0.244 e. The molecule has 1 saturated heterocycles. The normalized spacial score (nSPS) is 26.3. The van der Waals surface area contributed by atoms with Crippen molar-refractivity contribution in [1.29, 1.82) is 0 Å². The number of nitrogens with one attached hydrogen (secondary N) is 1. The molecule has 1 amide bonds. The maximum Gasteiger partial charge on any atom is 0.244 e. The summed E-state index contributed by atoms with van der Waals surface area (Å²) in [6.45, 7) is 6.96. The van der Waals surface area contributed by atoms with Crippen molar-refractivity contribution in [2.24, 2.45) is 0 Å². The van der Waals surface area contributed by atoms with Gasteiger partial charge < -0.3 is 4.90 Å². The third-order valence-corrected chi connectivity index (χ3v) is 4.36. The molecule has 1 aliphatic heterocycles. The van der Waals surface area contributed by atoms with Crippen molar-refractivity contribution in [3.63, 3.8) is 0 Å². The molecule has 4 heteroatoms. The predicted octanol–water partition coefficient (Wildman–Crippen LogP) is 3.74. The summed E-state index contributed by atoms with van der Waals surface area (Å²) in [5.41, 5.74) is 0.583. The molecular weight excluding hydrogens is 272 g/mol. The van der Waals surface area contributed by atoms with E-state index in [2.05, 4.69) is 12.2 Å². The molecule has 1 heterocycles. The number of halogens is 1. The SMILES string of the molecule is CCCCN1C(=O)C(C)(CC)NC1c1cccc(Cl)c1. The Kier molecular flexibility index (Phi) is 4.71. The fourth-order valence-electron chi connectivity index (χ4n) is 2.63. The second-order valence-electron chi connectivity index (χ2n) is 5.64. The lowest BCUT2D eigenvalue weighted by Crippen LogP contribution is -2.43. The Balaban J connectivity index is 2.31. The molecule has 1 aliphatic rings. The lowest BCUT2D eigenvalue weighted by molar-refractivity contribution is -0.133. The number of carbonyl (C=O) groups excluding carboxylic acids is 1. The lowest BCUT2D eigenvalue weighted by Gasteiger charge is -2.24. The van der Waals surface area contributed by atoms with Gasteiger partial charge in [0, 0.05) is 11.6 Å². The number of hydrogen-bond donors (Lipinski definition) is 1. The zero-order valence-electron chi connectivity index (χ0n) is 12.4. The number of unbranched alkanes of at least 4 members (excludes halogenated alkanes) is 1. The van der Waals surface area contributed by atoms with Crippen molar-refractivity contribution >= 4 is 17.5 Å². The number of carbonyl (C=O) groups is 1. The molecule has 0 aliphatic carbocycles. The van der Waals surface area contributed by atoms with E-state index in [4.69, 9.17) is 11.6 Å². The van der Waals surface area contributed by atoms with Gasteiger partial charge in [-0.2, -0.15) is 0 Å². The first-order chi connectivity index (χ1) is 9.51. The van der Waals surface area contributed by atoms with Crippen LogP contribution in [-0.4, -0.2) is 22.9 Å². The molecule has 0 saturated carbocycles. The van der Waals surface area contributed by atoms with Crippen LogP contribution in [0.1, 0.15) is 51.8 Å². The van der Waals surface area contributed by atoms with E-state index in [0.717, 1.165) is 31.4 Å². The standard InChI is InChI=1S/C16H23ClN2O/c1-4-6-10-19-14(12-8-7-9-13(17)11-12)18-16(3,5-2)15(19)20/h7-9,11,14,18H,4-6,10H2,1-3H3. The minimum atomic E-state index is -0.472. The topological polar surface area (TPSA) is 32.3 Å². The summed E-state index contributed by atoms with van der Waals surface area (Å²) in [7, 11) is 0. The van der Waals surface area contributed by atoms with Crippen molar-refractivity contribution in [2.75, 3.05) is 6.54 Å². The Labute approximate surface area is 126 Å². The Bertz CT molecular complexity index is 491. The highest BCUT2D eigenvalue weighted by Crippen LogP contribution is 2.33. The number of benzene rings is 1. The van der Waals surface area contributed by atoms with Crippen LogP contribution in [-0.2, 0) is 4.79 Å². The summed E-state index contributed by atoms with van der Waals surface area (Å²) in [6.07, 6.45) is 2.81. The van der Waals surface area contributed by atoms with Crippen LogP contribution in [0.2, 0.25) is 5.02 Å². The van der Waals surface area contributed by atoms with Gasteiger partial charge >= 0.3 is 0 Å². The number of rotatable bonds is 5. The summed E-state index contributed by atoms with van der Waals surface area (Å²) in [6, 6.07) is 7.75. The molecule has 3 nitrogen and oxygen atoms in total. The summed E-state index contributed by atoms with van der Waals surface area (Å²) in [4.78, 5) is 14.6. The minimum Gasteiger partial charge on any atom is -0.321 e. The molecule has 2 rings (SSSR count). The van der Waals surface area contributed by atoms with Crippen molar-refractivity contribution < 1.29 is 4.79 Å². The maximum atomic E-state index is 12.7. The molecule has 0 aromatic heterocycles. The van der Waals surface area contributed by atoms with Crippen molar-refractivity contribution in [3.05, 3.63) is 34.9 Å². The highest BCUT2D eigenvalue weighted by molar-refractivity contribution is 6.30. The van der Waals surface area contributed by atoms with Gasteiger partial charge in [0.05, 0.1) is 5.54 Å². The van der Waals surface area contributed by atoms with Crippen LogP contribution in [0.5, 0.6) is 0 Å². The van der Waals surface area contributed by atoms with Gasteiger partial charge in [0.15, 0.2) is 0 Å². The molecule has 110 valence electrons. The highest BCUT2D eigenvalue weighted by atomic mass is 35.5. The van der Waals surface area contributed by atoms with Crippen LogP contribution < -0.4 is 5.32 Å². The molecule has 2 unspecified atom stereocenters. The van der Waals surface area contributed by atoms with Gasteiger partial charge in [0.1, 0.15) is 6.17 Å². The van der Waals surface area contributed by atoms with Gasteiger partial charge in [0.25, 0.3) is 0 Å². The van der Waals surface area contributed by atoms with Crippen molar-refractivity contribution in [2.45, 2.75) is 51.7 Å². The molecule has 0 bridgehead atoms. The van der Waals surface area contributed by atoms with E-state index >= 15 is 0 Å². The minimum absolute atomic E-state index is 0.0716. The second-order valence-corrected chi connectivity index (χ2v) is 6.08. The molecule has 2 atom stereocenters. The number of amides is 1. The number of hydrogen-bond acceptors (Lipinski definition) is 2. The monoisotopic (exact) mass is 294 g/mol. The molecule has 20 heavy (non-hydrogen) atoms. The summed E-state index contributed by atoms with van der Waals surface area (Å²) in [5.74, 6) is 0.193. The van der Waals surface area contributed by atoms with Crippen molar-refractivity contribution in [1.82, 2.24) is 10.2 Å². The third-order valence-electron chi connectivity index (χ3n) is 4.12. The van der Waals surface area contributed by atoms with E-state index in [-0.39, 0.29) is 12.1 Å². The van der Waals surface area contributed by atoms with Gasteiger partial charge in [-0.15, -0.1) is 0 Å². The first-order valence-electron chi connectivity index (χ1n) is 7.36. The Morgan fingerprint density at radius 3 is 2.75 bits per heavy atom. The van der Waals surface area contributed by atoms with Crippen LogP contribution >= 0.6 is 11.6 Å². The zero-order valence-corrected chi connectivity index (χ0v) is 13.2. The van der Waals surface area contributed by atoms with Gasteiger partial charge in [-0.3, -0.25) is 10.1 Å². The number of nitrogens with zero attached hydrogens (tertiary/aromatic N) is 1. The summed E-state index contributed by atoms with van der Waals surface area (Å²) < 4.78 is 0. The van der Waals surface area contributed by atoms with E-state index in [1.807, 2.05) is 43.0 Å². The average Bonchev–Trinajstić information content (AvgIpc) is 2.70. The van der Waals surface area contributed by atoms with E-state index in [1.165, 1.54) is 0 Å². The van der Waals surface area contributed by atoms with Crippen LogP contribution in [0.3, 0.4) is 0 Å². The Morgan fingerprint density at radius 1 is 1.40 bits per heavy atom. The van der Waals surface area contributed by atoms with Gasteiger partial charge in [-0.25, -0.2) is 0 Å². The quantitative estimate of drug-likeness (QED) is 0.897. The van der Waals surface area contributed by atoms with Gasteiger partial charge in [-0.1, -0.05) is 44.0 Å². The molecular formula is C16H23ClN2O. The largest absolute Gasteiger partial charge is 0.321 e. The van der Waals surface area contributed by atoms with E-state index < -0.39 is 5.54 Å². The van der Waals surface area contributed by atoms with E-state index in [1.54, 1.807) is 0 Å². The van der Waals surface area contributed by atoms with Crippen LogP contribution in [0.4, 0.5) is 0 Å². The van der Waals surface area contributed by atoms with Crippen molar-refractivity contribution in [3.8, 4) is 0 Å². The Hall–Kier alpha value is -1.06. The lowest BCUT2D eigenvalue weighted by atomic mass is 9.99. The second kappa shape index (κ2) is 6.15. The molecule has 1 aromatic rings.